The molecule has 0 spiro atoms. The molecule has 0 saturated carbocycles. The number of para-hydroxylation sites is 2. The van der Waals surface area contributed by atoms with Crippen molar-refractivity contribution in [2.45, 2.75) is 19.3 Å². The average Bonchev–Trinajstić information content (AvgIpc) is 3.75. The molecule has 278 valence electrons. The molecule has 2 nitrogen and oxygen atoms in total. The van der Waals surface area contributed by atoms with Gasteiger partial charge in [-0.15, -0.1) is 0 Å². The lowest BCUT2D eigenvalue weighted by Gasteiger charge is -2.29. The van der Waals surface area contributed by atoms with E-state index in [-0.39, 0.29) is 5.41 Å². The summed E-state index contributed by atoms with van der Waals surface area (Å²) in [4.78, 5) is 2.50. The highest BCUT2D eigenvalue weighted by molar-refractivity contribution is 6.25. The number of aromatic nitrogens is 1. The van der Waals surface area contributed by atoms with E-state index in [0.29, 0.717) is 0 Å². The molecule has 0 N–H and O–H groups in total. The van der Waals surface area contributed by atoms with Gasteiger partial charge in [0, 0.05) is 38.6 Å². The van der Waals surface area contributed by atoms with Crippen molar-refractivity contribution in [3.05, 3.63) is 217 Å². The van der Waals surface area contributed by atoms with Gasteiger partial charge in [0.2, 0.25) is 0 Å². The van der Waals surface area contributed by atoms with Crippen molar-refractivity contribution in [2.24, 2.45) is 0 Å². The van der Waals surface area contributed by atoms with Gasteiger partial charge in [-0.1, -0.05) is 159 Å². The molecule has 1 heterocycles. The molecule has 0 radical (unpaired) electrons. The number of hydrogen-bond donors (Lipinski definition) is 0. The van der Waals surface area contributed by atoms with Gasteiger partial charge in [-0.3, -0.25) is 0 Å². The number of rotatable bonds is 5. The molecule has 1 aromatic heterocycles. The fourth-order valence-corrected chi connectivity index (χ4v) is 10.2. The van der Waals surface area contributed by atoms with Crippen LogP contribution in [0.15, 0.2) is 206 Å². The molecule has 10 aromatic carbocycles. The Bertz CT molecular complexity index is 3460. The van der Waals surface area contributed by atoms with Crippen LogP contribution in [0, 0.1) is 0 Å². The molecule has 0 unspecified atom stereocenters. The minimum Gasteiger partial charge on any atom is -0.310 e. The third-order valence-electron chi connectivity index (χ3n) is 12.9. The SMILES string of the molecule is CC1(C)c2ccccc2-c2ccc(N(c3ccccc3)c3cc4ccccc4c4c3c3cc(-c5cc6ccccc6c6ccccc56)ccc3n4-c3ccccc3)cc21. The van der Waals surface area contributed by atoms with Crippen molar-refractivity contribution in [3.63, 3.8) is 0 Å². The standard InChI is InChI=1S/C57H40N2/c1-57(2)51-28-16-15-27-47(51)48-31-30-42(36-52(48)57)58(40-19-5-3-6-20-40)54-35-38-18-10-12-24-44(38)56-55(54)50-34-39(29-32-53(50)59(56)41-21-7-4-8-22-41)49-33-37-17-9-11-23-43(37)45-25-13-14-26-46(45)49/h3-36H,1-2H3. The normalized spacial score (nSPS) is 13.1. The van der Waals surface area contributed by atoms with Crippen LogP contribution < -0.4 is 4.90 Å². The van der Waals surface area contributed by atoms with Gasteiger partial charge in [0.1, 0.15) is 0 Å². The Balaban J connectivity index is 1.21. The van der Waals surface area contributed by atoms with Gasteiger partial charge in [0.15, 0.2) is 0 Å². The summed E-state index contributed by atoms with van der Waals surface area (Å²) < 4.78 is 2.49. The van der Waals surface area contributed by atoms with Crippen LogP contribution in [0.3, 0.4) is 0 Å². The maximum absolute atomic E-state index is 2.50. The Morgan fingerprint density at radius 3 is 1.83 bits per heavy atom. The lowest BCUT2D eigenvalue weighted by Crippen LogP contribution is -2.16. The van der Waals surface area contributed by atoms with Crippen LogP contribution in [0.25, 0.3) is 82.1 Å². The van der Waals surface area contributed by atoms with E-state index < -0.39 is 0 Å². The predicted octanol–water partition coefficient (Wildman–Crippen LogP) is 15.7. The minimum atomic E-state index is -0.135. The Kier molecular flexibility index (Phi) is 7.31. The van der Waals surface area contributed by atoms with Gasteiger partial charge in [-0.25, -0.2) is 0 Å². The fraction of sp³-hybridized carbons (Fsp3) is 0.0526. The Morgan fingerprint density at radius 2 is 1.03 bits per heavy atom. The van der Waals surface area contributed by atoms with E-state index in [1.165, 1.54) is 87.5 Å². The molecule has 1 aliphatic carbocycles. The molecule has 59 heavy (non-hydrogen) atoms. The first kappa shape index (κ1) is 33.7. The van der Waals surface area contributed by atoms with E-state index in [4.69, 9.17) is 0 Å². The van der Waals surface area contributed by atoms with E-state index in [1.54, 1.807) is 0 Å². The summed E-state index contributed by atoms with van der Waals surface area (Å²) in [5, 5.41) is 9.92. The lowest BCUT2D eigenvalue weighted by atomic mass is 9.82. The van der Waals surface area contributed by atoms with Crippen LogP contribution in [0.5, 0.6) is 0 Å². The van der Waals surface area contributed by atoms with Crippen molar-refractivity contribution in [3.8, 4) is 27.9 Å². The van der Waals surface area contributed by atoms with Gasteiger partial charge in [-0.05, 0) is 121 Å². The van der Waals surface area contributed by atoms with Gasteiger partial charge in [0.25, 0.3) is 0 Å². The van der Waals surface area contributed by atoms with Crippen LogP contribution in [-0.4, -0.2) is 4.57 Å². The molecule has 0 aliphatic heterocycles. The van der Waals surface area contributed by atoms with Crippen molar-refractivity contribution in [1.29, 1.82) is 0 Å². The van der Waals surface area contributed by atoms with Gasteiger partial charge >= 0.3 is 0 Å². The number of benzene rings is 10. The average molecular weight is 753 g/mol. The van der Waals surface area contributed by atoms with Crippen molar-refractivity contribution >= 4 is 71.2 Å². The van der Waals surface area contributed by atoms with E-state index in [0.717, 1.165) is 22.7 Å². The molecule has 2 heteroatoms. The fourth-order valence-electron chi connectivity index (χ4n) is 10.2. The second-order valence-corrected chi connectivity index (χ2v) is 16.5. The Labute approximate surface area is 343 Å². The largest absolute Gasteiger partial charge is 0.310 e. The van der Waals surface area contributed by atoms with Crippen molar-refractivity contribution < 1.29 is 0 Å². The molecule has 12 rings (SSSR count). The highest BCUT2D eigenvalue weighted by Crippen LogP contribution is 2.52. The molecule has 0 atom stereocenters. The van der Waals surface area contributed by atoms with Gasteiger partial charge in [0.05, 0.1) is 16.7 Å². The second-order valence-electron chi connectivity index (χ2n) is 16.5. The second kappa shape index (κ2) is 12.8. The minimum absolute atomic E-state index is 0.135. The first-order chi connectivity index (χ1) is 29.0. The smallest absolute Gasteiger partial charge is 0.0640 e. The number of nitrogens with zero attached hydrogens (tertiary/aromatic N) is 2. The summed E-state index contributed by atoms with van der Waals surface area (Å²) in [6.45, 7) is 4.74. The molecule has 1 aliphatic rings. The summed E-state index contributed by atoms with van der Waals surface area (Å²) in [6.07, 6.45) is 0. The molecule has 11 aromatic rings. The molecule has 0 amide bonds. The van der Waals surface area contributed by atoms with Crippen molar-refractivity contribution in [1.82, 2.24) is 4.57 Å². The maximum Gasteiger partial charge on any atom is 0.0640 e. The summed E-state index contributed by atoms with van der Waals surface area (Å²) in [5.41, 5.74) is 14.6. The van der Waals surface area contributed by atoms with E-state index in [9.17, 15) is 0 Å². The van der Waals surface area contributed by atoms with Gasteiger partial charge < -0.3 is 9.47 Å². The molecular formula is C57H40N2. The molecule has 0 bridgehead atoms. The summed E-state index contributed by atoms with van der Waals surface area (Å²) in [6, 6.07) is 76.3. The van der Waals surface area contributed by atoms with E-state index in [1.807, 2.05) is 0 Å². The van der Waals surface area contributed by atoms with Crippen LogP contribution in [0.2, 0.25) is 0 Å². The van der Waals surface area contributed by atoms with Crippen LogP contribution in [0.4, 0.5) is 17.1 Å². The highest BCUT2D eigenvalue weighted by Gasteiger charge is 2.36. The first-order valence-corrected chi connectivity index (χ1v) is 20.6. The summed E-state index contributed by atoms with van der Waals surface area (Å²) in [5.74, 6) is 0. The number of fused-ring (bicyclic) bond motifs is 11. The topological polar surface area (TPSA) is 8.17 Å². The van der Waals surface area contributed by atoms with Crippen LogP contribution >= 0.6 is 0 Å². The zero-order valence-corrected chi connectivity index (χ0v) is 33.0. The number of anilines is 3. The third kappa shape index (κ3) is 5.00. The van der Waals surface area contributed by atoms with E-state index >= 15 is 0 Å². The highest BCUT2D eigenvalue weighted by atomic mass is 15.1. The zero-order chi connectivity index (χ0) is 39.2. The van der Waals surface area contributed by atoms with E-state index in [2.05, 4.69) is 230 Å². The lowest BCUT2D eigenvalue weighted by molar-refractivity contribution is 0.660. The maximum atomic E-state index is 2.50. The zero-order valence-electron chi connectivity index (χ0n) is 33.0. The quantitative estimate of drug-likeness (QED) is 0.159. The summed E-state index contributed by atoms with van der Waals surface area (Å²) in [7, 11) is 0. The third-order valence-corrected chi connectivity index (χ3v) is 12.9. The monoisotopic (exact) mass is 752 g/mol. The molecule has 0 saturated heterocycles. The Morgan fingerprint density at radius 1 is 0.407 bits per heavy atom. The van der Waals surface area contributed by atoms with Crippen LogP contribution in [0.1, 0.15) is 25.0 Å². The van der Waals surface area contributed by atoms with Crippen LogP contribution in [-0.2, 0) is 5.41 Å². The van der Waals surface area contributed by atoms with Crippen molar-refractivity contribution in [2.75, 3.05) is 4.90 Å². The molecule has 0 fully saturated rings. The van der Waals surface area contributed by atoms with Gasteiger partial charge in [-0.2, -0.15) is 0 Å². The first-order valence-electron chi connectivity index (χ1n) is 20.6. The number of hydrogen-bond acceptors (Lipinski definition) is 1. The predicted molar refractivity (Wildman–Crippen MR) is 251 cm³/mol. The summed E-state index contributed by atoms with van der Waals surface area (Å²) >= 11 is 0. The molecular weight excluding hydrogens is 713 g/mol. The Hall–Kier alpha value is -7.42.